The van der Waals surface area contributed by atoms with E-state index in [-0.39, 0.29) is 5.91 Å². The molecule has 0 aromatic carbocycles. The van der Waals surface area contributed by atoms with Gasteiger partial charge in [0.1, 0.15) is 0 Å². The van der Waals surface area contributed by atoms with E-state index in [1.165, 1.54) is 6.42 Å². The molecule has 0 saturated heterocycles. The molecule has 1 aliphatic carbocycles. The van der Waals surface area contributed by atoms with Gasteiger partial charge in [-0.15, -0.1) is 0 Å². The molecule has 3 N–H and O–H groups in total. The Morgan fingerprint density at radius 1 is 1.37 bits per heavy atom. The van der Waals surface area contributed by atoms with Crippen molar-refractivity contribution < 1.29 is 9.90 Å². The molecule has 0 aliphatic heterocycles. The molecule has 0 bridgehead atoms. The molecule has 1 aliphatic rings. The largest absolute Gasteiger partial charge is 0.388 e. The summed E-state index contributed by atoms with van der Waals surface area (Å²) in [7, 11) is 0. The van der Waals surface area contributed by atoms with E-state index < -0.39 is 5.60 Å². The highest BCUT2D eigenvalue weighted by atomic mass is 16.3. The first-order chi connectivity index (χ1) is 8.95. The zero-order valence-electron chi connectivity index (χ0n) is 12.7. The lowest BCUT2D eigenvalue weighted by atomic mass is 9.78. The monoisotopic (exact) mass is 270 g/mol. The maximum absolute atomic E-state index is 11.7. The van der Waals surface area contributed by atoms with Gasteiger partial charge in [-0.2, -0.15) is 0 Å². The minimum atomic E-state index is -0.674. The third-order valence-electron chi connectivity index (χ3n) is 4.13. The van der Waals surface area contributed by atoms with E-state index in [1.807, 2.05) is 0 Å². The molecule has 1 saturated carbocycles. The fourth-order valence-corrected chi connectivity index (χ4v) is 2.63. The lowest BCUT2D eigenvalue weighted by molar-refractivity contribution is -0.122. The van der Waals surface area contributed by atoms with Crippen molar-refractivity contribution in [3.05, 3.63) is 0 Å². The van der Waals surface area contributed by atoms with Crippen LogP contribution in [0.1, 0.15) is 59.3 Å². The van der Waals surface area contributed by atoms with Gasteiger partial charge in [-0.3, -0.25) is 4.79 Å². The molecule has 0 unspecified atom stereocenters. The van der Waals surface area contributed by atoms with Crippen molar-refractivity contribution in [3.63, 3.8) is 0 Å². The molecule has 0 heterocycles. The predicted octanol–water partition coefficient (Wildman–Crippen LogP) is 1.82. The van der Waals surface area contributed by atoms with Gasteiger partial charge in [0, 0.05) is 25.6 Å². The van der Waals surface area contributed by atoms with Gasteiger partial charge in [0.05, 0.1) is 5.60 Å². The fourth-order valence-electron chi connectivity index (χ4n) is 2.63. The Morgan fingerprint density at radius 2 is 2.00 bits per heavy atom. The van der Waals surface area contributed by atoms with Crippen LogP contribution in [-0.4, -0.2) is 35.7 Å². The molecule has 1 rings (SSSR count). The molecule has 19 heavy (non-hydrogen) atoms. The second-order valence-corrected chi connectivity index (χ2v) is 6.21. The van der Waals surface area contributed by atoms with Gasteiger partial charge < -0.3 is 15.7 Å². The number of aliphatic hydroxyl groups is 1. The lowest BCUT2D eigenvalue weighted by Gasteiger charge is -2.35. The summed E-state index contributed by atoms with van der Waals surface area (Å²) in [6, 6.07) is 0.404. The number of nitrogens with one attached hydrogen (secondary N) is 2. The van der Waals surface area contributed by atoms with Crippen molar-refractivity contribution in [3.8, 4) is 0 Å². The van der Waals surface area contributed by atoms with Gasteiger partial charge in [-0.25, -0.2) is 0 Å². The Labute approximate surface area is 117 Å². The molecule has 1 amide bonds. The summed E-state index contributed by atoms with van der Waals surface area (Å²) < 4.78 is 0. The number of hydrogen-bond donors (Lipinski definition) is 3. The highest BCUT2D eigenvalue weighted by molar-refractivity contribution is 5.76. The van der Waals surface area contributed by atoms with Crippen LogP contribution in [0.25, 0.3) is 0 Å². The molecule has 4 nitrogen and oxygen atoms in total. The SMILES string of the molecule is CCC1CCC(O)(CNC(=O)CCNC(C)C)CC1. The number of hydrogen-bond acceptors (Lipinski definition) is 3. The molecule has 0 atom stereocenters. The molecule has 4 heteroatoms. The lowest BCUT2D eigenvalue weighted by Crippen LogP contribution is -2.45. The molecule has 1 fully saturated rings. The standard InChI is InChI=1S/C15H30N2O2/c1-4-13-5-8-15(19,9-6-13)11-17-14(18)7-10-16-12(2)3/h12-13,16,19H,4-11H2,1-3H3,(H,17,18). The van der Waals surface area contributed by atoms with Crippen LogP contribution in [0.5, 0.6) is 0 Å². The molecule has 0 aromatic rings. The molecular formula is C15H30N2O2. The molecule has 0 aromatic heterocycles. The molecule has 112 valence electrons. The van der Waals surface area contributed by atoms with E-state index in [2.05, 4.69) is 31.4 Å². The summed E-state index contributed by atoms with van der Waals surface area (Å²) in [6.07, 6.45) is 5.47. The van der Waals surface area contributed by atoms with Gasteiger partial charge in [0.15, 0.2) is 0 Å². The molecule has 0 radical (unpaired) electrons. The first kappa shape index (κ1) is 16.4. The van der Waals surface area contributed by atoms with Crippen LogP contribution in [-0.2, 0) is 4.79 Å². The summed E-state index contributed by atoms with van der Waals surface area (Å²) in [5.41, 5.74) is -0.674. The van der Waals surface area contributed by atoms with E-state index in [9.17, 15) is 9.90 Å². The first-order valence-electron chi connectivity index (χ1n) is 7.67. The topological polar surface area (TPSA) is 61.4 Å². The summed E-state index contributed by atoms with van der Waals surface area (Å²) in [5.74, 6) is 0.783. The average Bonchev–Trinajstić information content (AvgIpc) is 2.37. The highest BCUT2D eigenvalue weighted by Crippen LogP contribution is 2.33. The second kappa shape index (κ2) is 7.85. The Bertz CT molecular complexity index is 271. The maximum Gasteiger partial charge on any atom is 0.221 e. The Hall–Kier alpha value is -0.610. The second-order valence-electron chi connectivity index (χ2n) is 6.21. The third-order valence-corrected chi connectivity index (χ3v) is 4.13. The number of carbonyl (C=O) groups excluding carboxylic acids is 1. The predicted molar refractivity (Wildman–Crippen MR) is 78.0 cm³/mol. The van der Waals surface area contributed by atoms with Gasteiger partial charge in [0.25, 0.3) is 0 Å². The van der Waals surface area contributed by atoms with Crippen LogP contribution in [0.4, 0.5) is 0 Å². The van der Waals surface area contributed by atoms with E-state index in [0.29, 0.717) is 25.6 Å². The number of amides is 1. The minimum absolute atomic E-state index is 0.0270. The van der Waals surface area contributed by atoms with E-state index in [1.54, 1.807) is 0 Å². The molecular weight excluding hydrogens is 240 g/mol. The van der Waals surface area contributed by atoms with Crippen molar-refractivity contribution in [2.45, 2.75) is 70.9 Å². The Kier molecular flexibility index (Phi) is 6.80. The summed E-state index contributed by atoms with van der Waals surface area (Å²) in [4.78, 5) is 11.7. The number of rotatable bonds is 7. The number of carbonyl (C=O) groups is 1. The van der Waals surface area contributed by atoms with Crippen molar-refractivity contribution in [2.75, 3.05) is 13.1 Å². The van der Waals surface area contributed by atoms with Gasteiger partial charge in [0.2, 0.25) is 5.91 Å². The summed E-state index contributed by atoms with van der Waals surface area (Å²) >= 11 is 0. The third kappa shape index (κ3) is 6.39. The highest BCUT2D eigenvalue weighted by Gasteiger charge is 2.32. The van der Waals surface area contributed by atoms with Crippen molar-refractivity contribution in [1.82, 2.24) is 10.6 Å². The minimum Gasteiger partial charge on any atom is -0.388 e. The van der Waals surface area contributed by atoms with E-state index in [0.717, 1.165) is 31.6 Å². The quantitative estimate of drug-likeness (QED) is 0.661. The van der Waals surface area contributed by atoms with Crippen LogP contribution in [0.2, 0.25) is 0 Å². The van der Waals surface area contributed by atoms with Crippen molar-refractivity contribution >= 4 is 5.91 Å². The summed E-state index contributed by atoms with van der Waals surface area (Å²) in [5, 5.41) is 16.5. The smallest absolute Gasteiger partial charge is 0.221 e. The van der Waals surface area contributed by atoms with Crippen LogP contribution >= 0.6 is 0 Å². The first-order valence-corrected chi connectivity index (χ1v) is 7.67. The van der Waals surface area contributed by atoms with Gasteiger partial charge >= 0.3 is 0 Å². The fraction of sp³-hybridized carbons (Fsp3) is 0.933. The Balaban J connectivity index is 2.19. The van der Waals surface area contributed by atoms with E-state index in [4.69, 9.17) is 0 Å². The maximum atomic E-state index is 11.7. The van der Waals surface area contributed by atoms with Crippen LogP contribution in [0.3, 0.4) is 0 Å². The Morgan fingerprint density at radius 3 is 2.53 bits per heavy atom. The van der Waals surface area contributed by atoms with Crippen LogP contribution in [0.15, 0.2) is 0 Å². The van der Waals surface area contributed by atoms with Gasteiger partial charge in [-0.1, -0.05) is 27.2 Å². The zero-order valence-corrected chi connectivity index (χ0v) is 12.7. The van der Waals surface area contributed by atoms with E-state index >= 15 is 0 Å². The summed E-state index contributed by atoms with van der Waals surface area (Å²) in [6.45, 7) is 7.43. The van der Waals surface area contributed by atoms with Crippen LogP contribution < -0.4 is 10.6 Å². The average molecular weight is 270 g/mol. The van der Waals surface area contributed by atoms with Crippen molar-refractivity contribution in [1.29, 1.82) is 0 Å². The van der Waals surface area contributed by atoms with Crippen molar-refractivity contribution in [2.24, 2.45) is 5.92 Å². The van der Waals surface area contributed by atoms with Crippen LogP contribution in [0, 0.1) is 5.92 Å². The molecule has 0 spiro atoms. The normalized spacial score (nSPS) is 27.5. The zero-order chi connectivity index (χ0) is 14.3. The van der Waals surface area contributed by atoms with Gasteiger partial charge in [-0.05, 0) is 31.6 Å².